The van der Waals surface area contributed by atoms with Gasteiger partial charge in [0.15, 0.2) is 5.13 Å². The van der Waals surface area contributed by atoms with Crippen molar-refractivity contribution in [3.8, 4) is 0 Å². The maximum Gasteiger partial charge on any atom is 0.264 e. The Hall–Kier alpha value is -4.02. The molecule has 41 heavy (non-hydrogen) atoms. The Balaban J connectivity index is 1.48. The third-order valence-corrected chi connectivity index (χ3v) is 9.90. The maximum atomic E-state index is 14.0. The maximum absolute atomic E-state index is 14.0. The Morgan fingerprint density at radius 2 is 1.68 bits per heavy atom. The van der Waals surface area contributed by atoms with E-state index in [4.69, 9.17) is 4.98 Å². The molecular weight excluding hydrogens is 555 g/mol. The fourth-order valence-electron chi connectivity index (χ4n) is 4.78. The fraction of sp³-hybridized carbons (Fsp3) is 0.258. The second-order valence-corrected chi connectivity index (χ2v) is 13.3. The normalized spacial score (nSPS) is 11.8. The molecule has 1 amide bonds. The number of hydrogen-bond donors (Lipinski definition) is 0. The lowest BCUT2D eigenvalue weighted by Crippen LogP contribution is -2.34. The highest BCUT2D eigenvalue weighted by atomic mass is 32.2. The molecule has 0 aliphatic heterocycles. The number of anilines is 2. The van der Waals surface area contributed by atoms with Crippen LogP contribution in [0.1, 0.15) is 47.1 Å². The van der Waals surface area contributed by atoms with E-state index in [0.29, 0.717) is 29.5 Å². The quantitative estimate of drug-likeness (QED) is 0.199. The van der Waals surface area contributed by atoms with Crippen molar-refractivity contribution in [1.82, 2.24) is 14.8 Å². The van der Waals surface area contributed by atoms with E-state index in [9.17, 15) is 13.2 Å². The van der Waals surface area contributed by atoms with Crippen LogP contribution in [0, 0.1) is 13.8 Å². The zero-order chi connectivity index (χ0) is 29.3. The predicted octanol–water partition coefficient (Wildman–Crippen LogP) is 6.41. The average Bonchev–Trinajstić information content (AvgIpc) is 3.54. The number of benzene rings is 3. The first-order chi connectivity index (χ1) is 19.6. The molecule has 0 atom stereocenters. The van der Waals surface area contributed by atoms with Crippen molar-refractivity contribution in [1.29, 1.82) is 0 Å². The zero-order valence-electron chi connectivity index (χ0n) is 23.8. The number of nitrogens with zero attached hydrogens (tertiary/aromatic N) is 5. The van der Waals surface area contributed by atoms with Gasteiger partial charge in [-0.05, 0) is 73.9 Å². The molecule has 0 aliphatic rings. The number of fused-ring (bicyclic) bond motifs is 1. The molecule has 0 saturated carbocycles. The standard InChI is InChI=1S/C31H33N5O3S2/c1-21(2)27-12-9-13-28-29(27)32-31(40-28)35(18-19-36-23(4)20-22(3)33-36)30(37)24-14-16-26(17-15-24)41(38,39)34(5)25-10-7-6-8-11-25/h6-17,20-21H,18-19H2,1-5H3. The molecule has 0 spiro atoms. The summed E-state index contributed by atoms with van der Waals surface area (Å²) in [6.07, 6.45) is 0. The molecule has 5 rings (SSSR count). The van der Waals surface area contributed by atoms with E-state index in [-0.39, 0.29) is 16.7 Å². The smallest absolute Gasteiger partial charge is 0.264 e. The molecule has 2 aromatic heterocycles. The summed E-state index contributed by atoms with van der Waals surface area (Å²) in [6.45, 7) is 9.04. The van der Waals surface area contributed by atoms with Crippen molar-refractivity contribution in [3.05, 3.63) is 101 Å². The van der Waals surface area contributed by atoms with Gasteiger partial charge in [0.1, 0.15) is 0 Å². The lowest BCUT2D eigenvalue weighted by atomic mass is 10.0. The molecule has 0 fully saturated rings. The molecule has 0 saturated heterocycles. The van der Waals surface area contributed by atoms with Crippen molar-refractivity contribution in [3.63, 3.8) is 0 Å². The van der Waals surface area contributed by atoms with Crippen LogP contribution in [0.4, 0.5) is 10.8 Å². The lowest BCUT2D eigenvalue weighted by molar-refractivity contribution is 0.0985. The fourth-order valence-corrected chi connectivity index (χ4v) is 7.00. The number of aryl methyl sites for hydroxylation is 2. The molecule has 5 aromatic rings. The zero-order valence-corrected chi connectivity index (χ0v) is 25.4. The first kappa shape index (κ1) is 28.5. The largest absolute Gasteiger partial charge is 0.282 e. The van der Waals surface area contributed by atoms with E-state index in [2.05, 4.69) is 25.0 Å². The van der Waals surface area contributed by atoms with E-state index >= 15 is 0 Å². The van der Waals surface area contributed by atoms with Gasteiger partial charge in [-0.3, -0.25) is 18.7 Å². The monoisotopic (exact) mass is 587 g/mol. The van der Waals surface area contributed by atoms with E-state index in [0.717, 1.165) is 27.2 Å². The summed E-state index contributed by atoms with van der Waals surface area (Å²) in [6, 6.07) is 23.1. The van der Waals surface area contributed by atoms with Crippen LogP contribution in [0.5, 0.6) is 0 Å². The molecule has 0 unspecified atom stereocenters. The van der Waals surface area contributed by atoms with Gasteiger partial charge in [0, 0.05) is 24.8 Å². The molecule has 3 aromatic carbocycles. The molecule has 0 bridgehead atoms. The Labute approximate surface area is 244 Å². The summed E-state index contributed by atoms with van der Waals surface area (Å²) in [5.74, 6) is 0.0352. The van der Waals surface area contributed by atoms with Gasteiger partial charge in [-0.1, -0.05) is 55.5 Å². The SMILES string of the molecule is Cc1cc(C)n(CCN(C(=O)c2ccc(S(=O)(=O)N(C)c3ccccc3)cc2)c2nc3c(C(C)C)cccc3s2)n1. The highest BCUT2D eigenvalue weighted by Gasteiger charge is 2.25. The van der Waals surface area contributed by atoms with Gasteiger partial charge < -0.3 is 0 Å². The summed E-state index contributed by atoms with van der Waals surface area (Å²) >= 11 is 1.48. The van der Waals surface area contributed by atoms with Crippen molar-refractivity contribution >= 4 is 48.3 Å². The molecular formula is C31H33N5O3S2. The van der Waals surface area contributed by atoms with E-state index in [1.807, 2.05) is 42.8 Å². The molecule has 212 valence electrons. The molecule has 2 heterocycles. The Bertz CT molecular complexity index is 1790. The molecule has 8 nitrogen and oxygen atoms in total. The van der Waals surface area contributed by atoms with Gasteiger partial charge in [0.2, 0.25) is 0 Å². The second-order valence-electron chi connectivity index (χ2n) is 10.3. The van der Waals surface area contributed by atoms with Crippen LogP contribution in [0.15, 0.2) is 83.8 Å². The van der Waals surface area contributed by atoms with Crippen molar-refractivity contribution in [2.24, 2.45) is 0 Å². The second kappa shape index (κ2) is 11.5. The van der Waals surface area contributed by atoms with Crippen LogP contribution in [-0.2, 0) is 16.6 Å². The number of aromatic nitrogens is 3. The van der Waals surface area contributed by atoms with Gasteiger partial charge in [-0.15, -0.1) is 0 Å². The average molecular weight is 588 g/mol. The number of thiazole rings is 1. The first-order valence-electron chi connectivity index (χ1n) is 13.4. The van der Waals surface area contributed by atoms with Crippen LogP contribution in [0.3, 0.4) is 0 Å². The van der Waals surface area contributed by atoms with E-state index < -0.39 is 10.0 Å². The first-order valence-corrected chi connectivity index (χ1v) is 15.7. The molecule has 0 aliphatic carbocycles. The van der Waals surface area contributed by atoms with Crippen LogP contribution >= 0.6 is 11.3 Å². The minimum atomic E-state index is -3.80. The van der Waals surface area contributed by atoms with Gasteiger partial charge in [-0.25, -0.2) is 13.4 Å². The molecule has 0 N–H and O–H groups in total. The van der Waals surface area contributed by atoms with Crippen molar-refractivity contribution < 1.29 is 13.2 Å². The van der Waals surface area contributed by atoms with Crippen molar-refractivity contribution in [2.75, 3.05) is 22.8 Å². The Morgan fingerprint density at radius 3 is 2.32 bits per heavy atom. The molecule has 10 heteroatoms. The Kier molecular flexibility index (Phi) is 7.97. The minimum absolute atomic E-state index is 0.108. The van der Waals surface area contributed by atoms with E-state index in [1.54, 1.807) is 41.3 Å². The lowest BCUT2D eigenvalue weighted by Gasteiger charge is -2.21. The summed E-state index contributed by atoms with van der Waals surface area (Å²) in [5.41, 5.74) is 4.89. The number of rotatable bonds is 9. The van der Waals surface area contributed by atoms with Gasteiger partial charge in [0.05, 0.1) is 33.0 Å². The highest BCUT2D eigenvalue weighted by molar-refractivity contribution is 7.92. The Morgan fingerprint density at radius 1 is 0.976 bits per heavy atom. The third-order valence-electron chi connectivity index (χ3n) is 7.06. The highest BCUT2D eigenvalue weighted by Crippen LogP contribution is 2.34. The van der Waals surface area contributed by atoms with Crippen LogP contribution in [0.25, 0.3) is 10.2 Å². The number of amides is 1. The minimum Gasteiger partial charge on any atom is -0.282 e. The van der Waals surface area contributed by atoms with Crippen LogP contribution in [0.2, 0.25) is 0 Å². The number of sulfonamides is 1. The number of para-hydroxylation sites is 2. The van der Waals surface area contributed by atoms with Crippen LogP contribution in [-0.4, -0.2) is 42.7 Å². The van der Waals surface area contributed by atoms with Gasteiger partial charge in [0.25, 0.3) is 15.9 Å². The molecule has 0 radical (unpaired) electrons. The summed E-state index contributed by atoms with van der Waals surface area (Å²) < 4.78 is 30.7. The van der Waals surface area contributed by atoms with Gasteiger partial charge in [-0.2, -0.15) is 5.10 Å². The van der Waals surface area contributed by atoms with Gasteiger partial charge >= 0.3 is 0 Å². The third kappa shape index (κ3) is 5.75. The topological polar surface area (TPSA) is 88.4 Å². The van der Waals surface area contributed by atoms with Crippen molar-refractivity contribution in [2.45, 2.75) is 45.1 Å². The number of hydrogen-bond acceptors (Lipinski definition) is 6. The summed E-state index contributed by atoms with van der Waals surface area (Å²) in [5, 5.41) is 5.16. The summed E-state index contributed by atoms with van der Waals surface area (Å²) in [7, 11) is -2.28. The predicted molar refractivity (Wildman–Crippen MR) is 166 cm³/mol. The number of carbonyl (C=O) groups excluding carboxylic acids is 1. The van der Waals surface area contributed by atoms with E-state index in [1.165, 1.54) is 34.8 Å². The van der Waals surface area contributed by atoms with Crippen LogP contribution < -0.4 is 9.21 Å². The number of carbonyl (C=O) groups is 1. The summed E-state index contributed by atoms with van der Waals surface area (Å²) in [4.78, 5) is 20.7.